The largest absolute Gasteiger partial charge is 0.493 e. The minimum absolute atomic E-state index is 0.121. The molecule has 0 radical (unpaired) electrons. The molecule has 4 nitrogen and oxygen atoms in total. The predicted molar refractivity (Wildman–Crippen MR) is 106 cm³/mol. The lowest BCUT2D eigenvalue weighted by Gasteiger charge is -2.13. The Bertz CT molecular complexity index is 929. The number of hydrogen-bond acceptors (Lipinski definition) is 2. The number of halogens is 1. The zero-order valence-electron chi connectivity index (χ0n) is 16.0. The first-order chi connectivity index (χ1) is 13.0. The number of nitrogens with one attached hydrogen (secondary N) is 1. The zero-order chi connectivity index (χ0) is 19.4. The molecule has 0 bridgehead atoms. The van der Waals surface area contributed by atoms with Crippen molar-refractivity contribution in [3.63, 3.8) is 0 Å². The van der Waals surface area contributed by atoms with E-state index in [0.717, 1.165) is 22.2 Å². The van der Waals surface area contributed by atoms with Gasteiger partial charge in [-0.15, -0.1) is 0 Å². The second kappa shape index (κ2) is 8.25. The SMILES string of the molecule is CCOc1cccc2c1cc(C(=O)NCC(C)C)n2Cc1ccc(F)cc1. The van der Waals surface area contributed by atoms with E-state index >= 15 is 0 Å². The smallest absolute Gasteiger partial charge is 0.267 e. The Morgan fingerprint density at radius 3 is 2.59 bits per heavy atom. The van der Waals surface area contributed by atoms with Crippen LogP contribution in [0.25, 0.3) is 10.9 Å². The molecular weight excluding hydrogens is 343 g/mol. The van der Waals surface area contributed by atoms with Crippen molar-refractivity contribution in [1.29, 1.82) is 0 Å². The highest BCUT2D eigenvalue weighted by molar-refractivity contribution is 6.00. The van der Waals surface area contributed by atoms with E-state index in [4.69, 9.17) is 4.74 Å². The molecule has 0 atom stereocenters. The first-order valence-corrected chi connectivity index (χ1v) is 9.27. The summed E-state index contributed by atoms with van der Waals surface area (Å²) in [7, 11) is 0. The Labute approximate surface area is 158 Å². The molecule has 142 valence electrons. The summed E-state index contributed by atoms with van der Waals surface area (Å²) in [6, 6.07) is 14.0. The van der Waals surface area contributed by atoms with E-state index in [0.29, 0.717) is 31.3 Å². The van der Waals surface area contributed by atoms with Crippen molar-refractivity contribution in [2.75, 3.05) is 13.2 Å². The summed E-state index contributed by atoms with van der Waals surface area (Å²) in [6.45, 7) is 7.68. The zero-order valence-corrected chi connectivity index (χ0v) is 16.0. The van der Waals surface area contributed by atoms with Crippen molar-refractivity contribution in [2.24, 2.45) is 5.92 Å². The van der Waals surface area contributed by atoms with Gasteiger partial charge in [0, 0.05) is 18.5 Å². The van der Waals surface area contributed by atoms with Gasteiger partial charge in [0.05, 0.1) is 12.1 Å². The molecule has 1 N–H and O–H groups in total. The molecule has 27 heavy (non-hydrogen) atoms. The van der Waals surface area contributed by atoms with Crippen molar-refractivity contribution in [1.82, 2.24) is 9.88 Å². The van der Waals surface area contributed by atoms with Crippen LogP contribution in [0.15, 0.2) is 48.5 Å². The van der Waals surface area contributed by atoms with Crippen molar-refractivity contribution in [3.05, 3.63) is 65.6 Å². The average molecular weight is 368 g/mol. The summed E-state index contributed by atoms with van der Waals surface area (Å²) < 4.78 is 20.9. The predicted octanol–water partition coefficient (Wildman–Crippen LogP) is 4.61. The van der Waals surface area contributed by atoms with Crippen LogP contribution in [-0.2, 0) is 6.54 Å². The third-order valence-electron chi connectivity index (χ3n) is 4.36. The van der Waals surface area contributed by atoms with Crippen LogP contribution in [0.3, 0.4) is 0 Å². The van der Waals surface area contributed by atoms with Crippen LogP contribution in [0.1, 0.15) is 36.8 Å². The highest BCUT2D eigenvalue weighted by atomic mass is 19.1. The average Bonchev–Trinajstić information content (AvgIpc) is 3.01. The standard InChI is InChI=1S/C22H25FN2O2/c1-4-27-21-7-5-6-19-18(21)12-20(22(26)24-13-15(2)3)25(19)14-16-8-10-17(23)11-9-16/h5-12,15H,4,13-14H2,1-3H3,(H,24,26). The number of carbonyl (C=O) groups excluding carboxylic acids is 1. The second-order valence-corrected chi connectivity index (χ2v) is 6.97. The molecular formula is C22H25FN2O2. The summed E-state index contributed by atoms with van der Waals surface area (Å²) in [5, 5.41) is 3.88. The van der Waals surface area contributed by atoms with Gasteiger partial charge < -0.3 is 14.6 Å². The molecule has 1 heterocycles. The molecule has 2 aromatic carbocycles. The lowest BCUT2D eigenvalue weighted by molar-refractivity contribution is 0.0940. The van der Waals surface area contributed by atoms with Gasteiger partial charge in [0.2, 0.25) is 0 Å². The van der Waals surface area contributed by atoms with Gasteiger partial charge in [-0.3, -0.25) is 4.79 Å². The number of fused-ring (bicyclic) bond motifs is 1. The first-order valence-electron chi connectivity index (χ1n) is 9.27. The van der Waals surface area contributed by atoms with Gasteiger partial charge in [-0.1, -0.05) is 32.0 Å². The summed E-state index contributed by atoms with van der Waals surface area (Å²) in [5.41, 5.74) is 2.41. The third kappa shape index (κ3) is 4.30. The molecule has 1 amide bonds. The fraction of sp³-hybridized carbons (Fsp3) is 0.318. The fourth-order valence-corrected chi connectivity index (χ4v) is 3.06. The molecule has 0 fully saturated rings. The van der Waals surface area contributed by atoms with Crippen LogP contribution in [0.2, 0.25) is 0 Å². The van der Waals surface area contributed by atoms with Gasteiger partial charge in [-0.05, 0) is 48.7 Å². The van der Waals surface area contributed by atoms with Crippen molar-refractivity contribution >= 4 is 16.8 Å². The Balaban J connectivity index is 2.06. The normalized spacial score (nSPS) is 11.1. The van der Waals surface area contributed by atoms with E-state index in [2.05, 4.69) is 19.2 Å². The first kappa shape index (κ1) is 19.0. The van der Waals surface area contributed by atoms with E-state index in [1.54, 1.807) is 12.1 Å². The van der Waals surface area contributed by atoms with E-state index in [-0.39, 0.29) is 11.7 Å². The van der Waals surface area contributed by atoms with Crippen LogP contribution in [0, 0.1) is 11.7 Å². The van der Waals surface area contributed by atoms with Crippen LogP contribution < -0.4 is 10.1 Å². The Morgan fingerprint density at radius 1 is 1.19 bits per heavy atom. The van der Waals surface area contributed by atoms with E-state index in [9.17, 15) is 9.18 Å². The van der Waals surface area contributed by atoms with Crippen LogP contribution in [-0.4, -0.2) is 23.6 Å². The molecule has 0 aliphatic rings. The number of nitrogens with zero attached hydrogens (tertiary/aromatic N) is 1. The minimum Gasteiger partial charge on any atom is -0.493 e. The molecule has 1 aromatic heterocycles. The van der Waals surface area contributed by atoms with E-state index in [1.807, 2.05) is 35.8 Å². The number of ether oxygens (including phenoxy) is 1. The summed E-state index contributed by atoms with van der Waals surface area (Å²) >= 11 is 0. The number of amides is 1. The molecule has 0 spiro atoms. The molecule has 0 saturated heterocycles. The monoisotopic (exact) mass is 368 g/mol. The highest BCUT2D eigenvalue weighted by Gasteiger charge is 2.18. The van der Waals surface area contributed by atoms with Gasteiger partial charge >= 0.3 is 0 Å². The number of hydrogen-bond donors (Lipinski definition) is 1. The van der Waals surface area contributed by atoms with Gasteiger partial charge in [0.15, 0.2) is 0 Å². The summed E-state index contributed by atoms with van der Waals surface area (Å²) in [4.78, 5) is 12.8. The second-order valence-electron chi connectivity index (χ2n) is 6.97. The number of benzene rings is 2. The third-order valence-corrected chi connectivity index (χ3v) is 4.36. The van der Waals surface area contributed by atoms with Crippen LogP contribution >= 0.6 is 0 Å². The number of aromatic nitrogens is 1. The van der Waals surface area contributed by atoms with Gasteiger partial charge in [-0.25, -0.2) is 4.39 Å². The molecule has 0 aliphatic carbocycles. The van der Waals surface area contributed by atoms with Gasteiger partial charge in [0.1, 0.15) is 17.3 Å². The van der Waals surface area contributed by atoms with Crippen LogP contribution in [0.5, 0.6) is 5.75 Å². The quantitative estimate of drug-likeness (QED) is 0.662. The van der Waals surface area contributed by atoms with Crippen LogP contribution in [0.4, 0.5) is 4.39 Å². The maximum absolute atomic E-state index is 13.3. The summed E-state index contributed by atoms with van der Waals surface area (Å²) in [5.74, 6) is 0.725. The van der Waals surface area contributed by atoms with Crippen molar-refractivity contribution in [3.8, 4) is 5.75 Å². The molecule has 0 unspecified atom stereocenters. The molecule has 5 heteroatoms. The minimum atomic E-state index is -0.273. The van der Waals surface area contributed by atoms with E-state index in [1.165, 1.54) is 12.1 Å². The highest BCUT2D eigenvalue weighted by Crippen LogP contribution is 2.30. The maximum Gasteiger partial charge on any atom is 0.267 e. The van der Waals surface area contributed by atoms with Gasteiger partial charge in [-0.2, -0.15) is 0 Å². The Hall–Kier alpha value is -2.82. The van der Waals surface area contributed by atoms with Crippen molar-refractivity contribution < 1.29 is 13.9 Å². The van der Waals surface area contributed by atoms with E-state index < -0.39 is 0 Å². The Morgan fingerprint density at radius 2 is 1.93 bits per heavy atom. The molecule has 3 rings (SSSR count). The molecule has 0 aliphatic heterocycles. The lowest BCUT2D eigenvalue weighted by atomic mass is 10.2. The maximum atomic E-state index is 13.3. The Kier molecular flexibility index (Phi) is 5.79. The number of rotatable bonds is 7. The molecule has 3 aromatic rings. The lowest BCUT2D eigenvalue weighted by Crippen LogP contribution is -2.29. The topological polar surface area (TPSA) is 43.3 Å². The van der Waals surface area contributed by atoms with Crippen molar-refractivity contribution in [2.45, 2.75) is 27.3 Å². The number of carbonyl (C=O) groups is 1. The molecule has 0 saturated carbocycles. The van der Waals surface area contributed by atoms with Gasteiger partial charge in [0.25, 0.3) is 5.91 Å². The summed E-state index contributed by atoms with van der Waals surface area (Å²) in [6.07, 6.45) is 0. The fourth-order valence-electron chi connectivity index (χ4n) is 3.06.